The molecule has 4 N–H and O–H groups in total. The van der Waals surface area contributed by atoms with Crippen LogP contribution in [0, 0.1) is 0 Å². The number of hydrogen-bond donors (Lipinski definition) is 4. The van der Waals surface area contributed by atoms with Gasteiger partial charge in [0, 0.05) is 12.4 Å². The van der Waals surface area contributed by atoms with E-state index in [4.69, 9.17) is 9.84 Å². The van der Waals surface area contributed by atoms with Gasteiger partial charge in [-0.2, -0.15) is 0 Å². The van der Waals surface area contributed by atoms with Gasteiger partial charge in [0.2, 0.25) is 0 Å². The van der Waals surface area contributed by atoms with Crippen molar-refractivity contribution in [3.63, 3.8) is 0 Å². The number of aliphatic hydroxyl groups is 4. The molecule has 1 aliphatic rings. The van der Waals surface area contributed by atoms with Crippen molar-refractivity contribution < 1.29 is 25.2 Å². The van der Waals surface area contributed by atoms with Crippen molar-refractivity contribution >= 4 is 0 Å². The molecule has 2 heterocycles. The molecule has 0 saturated carbocycles. The van der Waals surface area contributed by atoms with Crippen molar-refractivity contribution in [2.24, 2.45) is 0 Å². The van der Waals surface area contributed by atoms with Gasteiger partial charge in [0.15, 0.2) is 6.10 Å². The SMILES string of the molecule is O=c1ncccn1[C@@]1(O)O[C@H](CO)[C@@H](O)[C@H]1O. The van der Waals surface area contributed by atoms with Gasteiger partial charge in [-0.3, -0.25) is 0 Å². The van der Waals surface area contributed by atoms with E-state index in [0.29, 0.717) is 4.57 Å². The third-order valence-electron chi connectivity index (χ3n) is 2.65. The first-order valence-electron chi connectivity index (χ1n) is 4.92. The lowest BCUT2D eigenvalue weighted by atomic mass is 10.1. The maximum atomic E-state index is 11.4. The predicted octanol–water partition coefficient (Wildman–Crippen LogP) is -3.04. The van der Waals surface area contributed by atoms with Crippen LogP contribution in [0.2, 0.25) is 0 Å². The Hall–Kier alpha value is -1.32. The molecule has 1 saturated heterocycles. The molecule has 0 unspecified atom stereocenters. The van der Waals surface area contributed by atoms with Gasteiger partial charge in [-0.1, -0.05) is 0 Å². The normalized spacial score (nSPS) is 37.3. The Morgan fingerprint density at radius 2 is 2.24 bits per heavy atom. The highest BCUT2D eigenvalue weighted by molar-refractivity contribution is 4.96. The lowest BCUT2D eigenvalue weighted by Gasteiger charge is -2.27. The molecule has 1 fully saturated rings. The van der Waals surface area contributed by atoms with Crippen molar-refractivity contribution in [1.29, 1.82) is 0 Å². The fourth-order valence-electron chi connectivity index (χ4n) is 1.73. The summed E-state index contributed by atoms with van der Waals surface area (Å²) in [5.74, 6) is -2.43. The summed E-state index contributed by atoms with van der Waals surface area (Å²) in [5, 5.41) is 38.1. The highest BCUT2D eigenvalue weighted by atomic mass is 16.7. The first-order chi connectivity index (χ1) is 8.00. The Bertz CT molecular complexity index is 463. The van der Waals surface area contributed by atoms with Crippen molar-refractivity contribution in [3.05, 3.63) is 28.9 Å². The molecular formula is C9H12N2O6. The smallest absolute Gasteiger partial charge is 0.351 e. The fraction of sp³-hybridized carbons (Fsp3) is 0.556. The average Bonchev–Trinajstić information content (AvgIpc) is 2.55. The first kappa shape index (κ1) is 12.1. The minimum atomic E-state index is -2.43. The predicted molar refractivity (Wildman–Crippen MR) is 52.7 cm³/mol. The van der Waals surface area contributed by atoms with Crippen molar-refractivity contribution in [1.82, 2.24) is 9.55 Å². The summed E-state index contributed by atoms with van der Waals surface area (Å²) in [6.07, 6.45) is -2.07. The van der Waals surface area contributed by atoms with E-state index >= 15 is 0 Å². The van der Waals surface area contributed by atoms with Gasteiger partial charge in [-0.05, 0) is 6.07 Å². The van der Waals surface area contributed by atoms with Crippen LogP contribution in [0.15, 0.2) is 23.3 Å². The van der Waals surface area contributed by atoms with Gasteiger partial charge in [-0.15, -0.1) is 0 Å². The molecule has 0 aromatic carbocycles. The molecule has 94 valence electrons. The molecule has 4 atom stereocenters. The van der Waals surface area contributed by atoms with E-state index in [1.165, 1.54) is 12.3 Å². The number of ether oxygens (including phenoxy) is 1. The third-order valence-corrected chi connectivity index (χ3v) is 2.65. The number of nitrogens with zero attached hydrogens (tertiary/aromatic N) is 2. The van der Waals surface area contributed by atoms with Gasteiger partial charge in [0.05, 0.1) is 6.61 Å². The second-order valence-corrected chi connectivity index (χ2v) is 3.71. The van der Waals surface area contributed by atoms with Crippen molar-refractivity contribution in [2.75, 3.05) is 6.61 Å². The maximum Gasteiger partial charge on any atom is 0.351 e. The Balaban J connectivity index is 2.44. The minimum Gasteiger partial charge on any atom is -0.394 e. The molecule has 0 radical (unpaired) electrons. The van der Waals surface area contributed by atoms with Crippen LogP contribution in [-0.2, 0) is 10.6 Å². The summed E-state index contributed by atoms with van der Waals surface area (Å²) in [5.41, 5.74) is -0.847. The van der Waals surface area contributed by atoms with Crippen LogP contribution in [0.4, 0.5) is 0 Å². The van der Waals surface area contributed by atoms with Crippen LogP contribution in [0.1, 0.15) is 0 Å². The van der Waals surface area contributed by atoms with Gasteiger partial charge >= 0.3 is 5.69 Å². The van der Waals surface area contributed by atoms with Crippen LogP contribution >= 0.6 is 0 Å². The zero-order valence-corrected chi connectivity index (χ0v) is 8.67. The summed E-state index contributed by atoms with van der Waals surface area (Å²) in [4.78, 5) is 14.8. The summed E-state index contributed by atoms with van der Waals surface area (Å²) in [7, 11) is 0. The molecule has 1 aromatic rings. The number of aromatic nitrogens is 2. The molecule has 0 amide bonds. The Morgan fingerprint density at radius 1 is 1.53 bits per heavy atom. The fourth-order valence-corrected chi connectivity index (χ4v) is 1.73. The zero-order chi connectivity index (χ0) is 12.6. The highest BCUT2D eigenvalue weighted by Crippen LogP contribution is 2.31. The number of aliphatic hydroxyl groups excluding tert-OH is 3. The second-order valence-electron chi connectivity index (χ2n) is 3.71. The molecule has 2 rings (SSSR count). The second kappa shape index (κ2) is 4.17. The molecule has 17 heavy (non-hydrogen) atoms. The van der Waals surface area contributed by atoms with E-state index in [2.05, 4.69) is 4.98 Å². The minimum absolute atomic E-state index is 0.602. The summed E-state index contributed by atoms with van der Waals surface area (Å²) in [6, 6.07) is 1.36. The van der Waals surface area contributed by atoms with Crippen LogP contribution in [0.3, 0.4) is 0 Å². The van der Waals surface area contributed by atoms with E-state index < -0.39 is 36.5 Å². The quantitative estimate of drug-likeness (QED) is 0.435. The Labute approximate surface area is 95.4 Å². The topological polar surface area (TPSA) is 125 Å². The highest BCUT2D eigenvalue weighted by Gasteiger charge is 2.55. The van der Waals surface area contributed by atoms with Crippen molar-refractivity contribution in [3.8, 4) is 0 Å². The molecule has 1 aromatic heterocycles. The van der Waals surface area contributed by atoms with E-state index in [1.807, 2.05) is 0 Å². The molecule has 0 bridgehead atoms. The van der Waals surface area contributed by atoms with Crippen LogP contribution < -0.4 is 5.69 Å². The van der Waals surface area contributed by atoms with Gasteiger partial charge in [0.1, 0.15) is 12.2 Å². The Kier molecular flexibility index (Phi) is 2.98. The standard InChI is InChI=1S/C9H12N2O6/c12-4-5-6(13)7(14)9(16,17-5)11-3-1-2-10-8(11)15/h1-3,5-7,12-14,16H,4H2/t5-,6-,7-,9+/m1/s1. The monoisotopic (exact) mass is 244 g/mol. The average molecular weight is 244 g/mol. The molecule has 0 aliphatic carbocycles. The lowest BCUT2D eigenvalue weighted by molar-refractivity contribution is -0.291. The number of hydrogen-bond acceptors (Lipinski definition) is 7. The summed E-state index contributed by atoms with van der Waals surface area (Å²) < 4.78 is 5.57. The number of rotatable bonds is 2. The molecular weight excluding hydrogens is 232 g/mol. The van der Waals surface area contributed by atoms with Gasteiger partial charge < -0.3 is 25.2 Å². The van der Waals surface area contributed by atoms with Crippen molar-refractivity contribution in [2.45, 2.75) is 24.2 Å². The van der Waals surface area contributed by atoms with Gasteiger partial charge in [0.25, 0.3) is 5.91 Å². The lowest BCUT2D eigenvalue weighted by Crippen LogP contribution is -2.50. The molecule has 0 spiro atoms. The molecule has 8 nitrogen and oxygen atoms in total. The van der Waals surface area contributed by atoms with Crippen LogP contribution in [0.25, 0.3) is 0 Å². The van der Waals surface area contributed by atoms with Crippen LogP contribution in [-0.4, -0.2) is 54.9 Å². The van der Waals surface area contributed by atoms with E-state index in [1.54, 1.807) is 0 Å². The largest absolute Gasteiger partial charge is 0.394 e. The third kappa shape index (κ3) is 1.75. The zero-order valence-electron chi connectivity index (χ0n) is 8.67. The van der Waals surface area contributed by atoms with E-state index in [9.17, 15) is 20.1 Å². The summed E-state index contributed by atoms with van der Waals surface area (Å²) >= 11 is 0. The summed E-state index contributed by atoms with van der Waals surface area (Å²) in [6.45, 7) is -0.602. The Morgan fingerprint density at radius 3 is 2.76 bits per heavy atom. The maximum absolute atomic E-state index is 11.4. The molecule has 8 heteroatoms. The van der Waals surface area contributed by atoms with E-state index in [0.717, 1.165) is 6.20 Å². The molecule has 1 aliphatic heterocycles. The first-order valence-corrected chi connectivity index (χ1v) is 4.92. The van der Waals surface area contributed by atoms with E-state index in [-0.39, 0.29) is 0 Å². The van der Waals surface area contributed by atoms with Gasteiger partial charge in [-0.25, -0.2) is 14.3 Å². The van der Waals surface area contributed by atoms with Crippen LogP contribution in [0.5, 0.6) is 0 Å².